The van der Waals surface area contributed by atoms with Gasteiger partial charge >= 0.3 is 6.47 Å². The maximum absolute atomic E-state index is 10.6. The lowest BCUT2D eigenvalue weighted by Gasteiger charge is -2.29. The van der Waals surface area contributed by atoms with E-state index >= 15 is 0 Å². The van der Waals surface area contributed by atoms with Crippen molar-refractivity contribution in [3.8, 4) is 0 Å². The Hall–Kier alpha value is -2.29. The number of rotatable bonds is 2. The Morgan fingerprint density at radius 2 is 1.47 bits per heavy atom. The molecule has 0 bridgehead atoms. The Kier molecular flexibility index (Phi) is 2.29. The zero-order valence-corrected chi connectivity index (χ0v) is 9.17. The van der Waals surface area contributed by atoms with E-state index in [0.717, 1.165) is 28.9 Å². The Morgan fingerprint density at radius 3 is 2.00 bits per heavy atom. The zero-order valence-electron chi connectivity index (χ0n) is 9.17. The summed E-state index contributed by atoms with van der Waals surface area (Å²) in [5, 5.41) is 1.58. The monoisotopic (exact) mass is 225 g/mol. The predicted molar refractivity (Wildman–Crippen MR) is 65.0 cm³/mol. The lowest BCUT2D eigenvalue weighted by Crippen LogP contribution is -2.23. The summed E-state index contributed by atoms with van der Waals surface area (Å²) in [5.74, 6) is 0. The molecule has 1 aliphatic heterocycles. The Morgan fingerprint density at radius 1 is 0.941 bits per heavy atom. The highest BCUT2D eigenvalue weighted by atomic mass is 16.7. The third kappa shape index (κ3) is 1.56. The van der Waals surface area contributed by atoms with Gasteiger partial charge in [0, 0.05) is 6.42 Å². The quantitative estimate of drug-likeness (QED) is 0.736. The van der Waals surface area contributed by atoms with Crippen LogP contribution in [0.5, 0.6) is 0 Å². The second kappa shape index (κ2) is 3.94. The van der Waals surface area contributed by atoms with Gasteiger partial charge in [-0.1, -0.05) is 36.4 Å². The fourth-order valence-electron chi connectivity index (χ4n) is 2.21. The first-order chi connectivity index (χ1) is 8.40. The first-order valence-corrected chi connectivity index (χ1v) is 5.46. The van der Waals surface area contributed by atoms with Crippen LogP contribution in [0.4, 0.5) is 11.4 Å². The molecule has 1 aliphatic rings. The highest BCUT2D eigenvalue weighted by Crippen LogP contribution is 2.37. The van der Waals surface area contributed by atoms with E-state index in [1.165, 1.54) is 0 Å². The van der Waals surface area contributed by atoms with E-state index in [-0.39, 0.29) is 0 Å². The van der Waals surface area contributed by atoms with Gasteiger partial charge in [-0.25, -0.2) is 0 Å². The normalized spacial score (nSPS) is 12.6. The predicted octanol–water partition coefficient (Wildman–Crippen LogP) is 2.82. The summed E-state index contributed by atoms with van der Waals surface area (Å²) in [6, 6.07) is 15.9. The van der Waals surface area contributed by atoms with Crippen molar-refractivity contribution in [3.63, 3.8) is 0 Å². The lowest BCUT2D eigenvalue weighted by atomic mass is 9.97. The van der Waals surface area contributed by atoms with Gasteiger partial charge in [-0.3, -0.25) is 4.79 Å². The van der Waals surface area contributed by atoms with Crippen molar-refractivity contribution in [3.05, 3.63) is 59.7 Å². The molecule has 3 rings (SSSR count). The van der Waals surface area contributed by atoms with Gasteiger partial charge < -0.3 is 4.84 Å². The van der Waals surface area contributed by atoms with E-state index in [1.54, 1.807) is 5.06 Å². The molecule has 0 saturated heterocycles. The minimum atomic E-state index is 0.457. The number of anilines is 2. The maximum atomic E-state index is 10.6. The van der Waals surface area contributed by atoms with Crippen molar-refractivity contribution < 1.29 is 9.63 Å². The summed E-state index contributed by atoms with van der Waals surface area (Å²) in [7, 11) is 0. The molecular formula is C14H11NO2. The molecule has 2 aromatic carbocycles. The van der Waals surface area contributed by atoms with E-state index in [1.807, 2.05) is 48.5 Å². The van der Waals surface area contributed by atoms with E-state index in [9.17, 15) is 4.79 Å². The lowest BCUT2D eigenvalue weighted by molar-refractivity contribution is -0.128. The van der Waals surface area contributed by atoms with Crippen LogP contribution < -0.4 is 5.06 Å². The van der Waals surface area contributed by atoms with Crippen LogP contribution in [-0.2, 0) is 16.1 Å². The Labute approximate surface area is 99.2 Å². The number of fused-ring (bicyclic) bond motifs is 2. The first-order valence-electron chi connectivity index (χ1n) is 5.46. The van der Waals surface area contributed by atoms with E-state index < -0.39 is 0 Å². The summed E-state index contributed by atoms with van der Waals surface area (Å²) in [5.41, 5.74) is 4.18. The Bertz CT molecular complexity index is 520. The maximum Gasteiger partial charge on any atom is 0.321 e. The molecule has 0 spiro atoms. The van der Waals surface area contributed by atoms with E-state index in [2.05, 4.69) is 0 Å². The van der Waals surface area contributed by atoms with Crippen LogP contribution >= 0.6 is 0 Å². The van der Waals surface area contributed by atoms with Gasteiger partial charge in [0.05, 0.1) is 11.4 Å². The van der Waals surface area contributed by atoms with Crippen molar-refractivity contribution in [1.82, 2.24) is 0 Å². The molecule has 0 saturated carbocycles. The molecule has 84 valence electrons. The van der Waals surface area contributed by atoms with Crippen LogP contribution in [-0.4, -0.2) is 6.47 Å². The average Bonchev–Trinajstić information content (AvgIpc) is 2.39. The van der Waals surface area contributed by atoms with Gasteiger partial charge in [-0.15, -0.1) is 0 Å². The average molecular weight is 225 g/mol. The smallest absolute Gasteiger partial charge is 0.321 e. The fraction of sp³-hybridized carbons (Fsp3) is 0.0714. The number of para-hydroxylation sites is 2. The molecule has 1 heterocycles. The topological polar surface area (TPSA) is 29.5 Å². The van der Waals surface area contributed by atoms with Crippen molar-refractivity contribution in [2.75, 3.05) is 5.06 Å². The first kappa shape index (κ1) is 9.90. The minimum absolute atomic E-state index is 0.457. The molecule has 0 atom stereocenters. The van der Waals surface area contributed by atoms with Crippen molar-refractivity contribution in [1.29, 1.82) is 0 Å². The minimum Gasteiger partial charge on any atom is -0.339 e. The number of hydrogen-bond acceptors (Lipinski definition) is 3. The van der Waals surface area contributed by atoms with Gasteiger partial charge in [0.25, 0.3) is 0 Å². The van der Waals surface area contributed by atoms with E-state index in [0.29, 0.717) is 6.47 Å². The van der Waals surface area contributed by atoms with E-state index in [4.69, 9.17) is 4.84 Å². The summed E-state index contributed by atoms with van der Waals surface area (Å²) in [6.45, 7) is 0.457. The summed E-state index contributed by atoms with van der Waals surface area (Å²) >= 11 is 0. The number of carbonyl (C=O) groups excluding carboxylic acids is 1. The SMILES string of the molecule is O=CON1c2ccccc2Cc2ccccc21. The molecule has 0 N–H and O–H groups in total. The van der Waals surface area contributed by atoms with Gasteiger partial charge in [0.2, 0.25) is 0 Å². The molecule has 2 aromatic rings. The van der Waals surface area contributed by atoms with Crippen molar-refractivity contribution in [2.45, 2.75) is 6.42 Å². The number of nitrogens with zero attached hydrogens (tertiary/aromatic N) is 1. The van der Waals surface area contributed by atoms with Crippen molar-refractivity contribution in [2.24, 2.45) is 0 Å². The number of hydrogen-bond donors (Lipinski definition) is 0. The molecule has 0 unspecified atom stereocenters. The summed E-state index contributed by atoms with van der Waals surface area (Å²) in [6.07, 6.45) is 0.866. The molecule has 3 nitrogen and oxygen atoms in total. The number of benzene rings is 2. The second-order valence-corrected chi connectivity index (χ2v) is 3.93. The van der Waals surface area contributed by atoms with Crippen LogP contribution in [0.1, 0.15) is 11.1 Å². The van der Waals surface area contributed by atoms with Gasteiger partial charge in [0.1, 0.15) is 0 Å². The molecule has 3 heteroatoms. The molecule has 0 amide bonds. The molecule has 0 radical (unpaired) electrons. The molecule has 17 heavy (non-hydrogen) atoms. The summed E-state index contributed by atoms with van der Waals surface area (Å²) in [4.78, 5) is 15.7. The largest absolute Gasteiger partial charge is 0.339 e. The van der Waals surface area contributed by atoms with Crippen LogP contribution in [0.2, 0.25) is 0 Å². The van der Waals surface area contributed by atoms with Gasteiger partial charge in [-0.05, 0) is 23.3 Å². The van der Waals surface area contributed by atoms with Crippen LogP contribution in [0, 0.1) is 0 Å². The van der Waals surface area contributed by atoms with Crippen molar-refractivity contribution >= 4 is 17.8 Å². The Balaban J connectivity index is 2.16. The molecule has 0 aromatic heterocycles. The van der Waals surface area contributed by atoms with Crippen LogP contribution in [0.15, 0.2) is 48.5 Å². The molecular weight excluding hydrogens is 214 g/mol. The zero-order chi connectivity index (χ0) is 11.7. The fourth-order valence-corrected chi connectivity index (χ4v) is 2.21. The van der Waals surface area contributed by atoms with Gasteiger partial charge in [0.15, 0.2) is 0 Å². The molecule has 0 aliphatic carbocycles. The third-order valence-electron chi connectivity index (χ3n) is 2.95. The standard InChI is InChI=1S/C14H11NO2/c16-10-17-15-13-7-3-1-5-11(13)9-12-6-2-4-8-14(12)15/h1-8,10H,9H2. The van der Waals surface area contributed by atoms with Crippen LogP contribution in [0.3, 0.4) is 0 Å². The third-order valence-corrected chi connectivity index (χ3v) is 2.95. The van der Waals surface area contributed by atoms with Crippen LogP contribution in [0.25, 0.3) is 0 Å². The highest BCUT2D eigenvalue weighted by molar-refractivity contribution is 5.73. The molecule has 0 fully saturated rings. The summed E-state index contributed by atoms with van der Waals surface area (Å²) < 4.78 is 0. The van der Waals surface area contributed by atoms with Gasteiger partial charge in [-0.2, -0.15) is 5.06 Å². The second-order valence-electron chi connectivity index (χ2n) is 3.93. The number of carbonyl (C=O) groups is 1. The highest BCUT2D eigenvalue weighted by Gasteiger charge is 2.22.